The summed E-state index contributed by atoms with van der Waals surface area (Å²) in [5, 5.41) is 7.48. The van der Waals surface area contributed by atoms with Crippen molar-refractivity contribution in [2.45, 2.75) is 19.0 Å². The molecule has 1 unspecified atom stereocenters. The highest BCUT2D eigenvalue weighted by Crippen LogP contribution is 2.25. The molecule has 1 saturated heterocycles. The quantitative estimate of drug-likeness (QED) is 0.386. The molecule has 156 valence electrons. The highest BCUT2D eigenvalue weighted by atomic mass is 35.5. The molecule has 0 aliphatic carbocycles. The van der Waals surface area contributed by atoms with Gasteiger partial charge in [-0.25, -0.2) is 9.97 Å². The second-order valence-electron chi connectivity index (χ2n) is 6.62. The number of nitrogens with one attached hydrogen (secondary N) is 2. The fourth-order valence-electron chi connectivity index (χ4n) is 3.16. The lowest BCUT2D eigenvalue weighted by atomic mass is 10.2. The first kappa shape index (κ1) is 21.1. The van der Waals surface area contributed by atoms with Gasteiger partial charge in [0.2, 0.25) is 5.88 Å². The third-order valence-corrected chi connectivity index (χ3v) is 4.91. The Morgan fingerprint density at radius 2 is 2.10 bits per heavy atom. The molecule has 1 atom stereocenters. The molecule has 0 amide bonds. The van der Waals surface area contributed by atoms with Crippen LogP contribution in [-0.2, 0) is 11.3 Å². The zero-order chi connectivity index (χ0) is 20.5. The third-order valence-electron chi connectivity index (χ3n) is 4.61. The van der Waals surface area contributed by atoms with E-state index >= 15 is 0 Å². The Morgan fingerprint density at radius 1 is 1.28 bits per heavy atom. The van der Waals surface area contributed by atoms with E-state index in [4.69, 9.17) is 21.1 Å². The number of aromatic nitrogens is 2. The molecule has 2 aromatic rings. The lowest BCUT2D eigenvalue weighted by Crippen LogP contribution is -2.44. The summed E-state index contributed by atoms with van der Waals surface area (Å²) in [6, 6.07) is 7.84. The van der Waals surface area contributed by atoms with Gasteiger partial charge in [-0.05, 0) is 24.6 Å². The van der Waals surface area contributed by atoms with Crippen molar-refractivity contribution in [3.8, 4) is 5.88 Å². The number of hydrogen-bond acceptors (Lipinski definition) is 6. The topological polar surface area (TPSA) is 83.9 Å². The van der Waals surface area contributed by atoms with Crippen molar-refractivity contribution in [3.63, 3.8) is 0 Å². The third kappa shape index (κ3) is 5.95. The summed E-state index contributed by atoms with van der Waals surface area (Å²) < 4.78 is 10.7. The Labute approximate surface area is 176 Å². The van der Waals surface area contributed by atoms with E-state index in [0.717, 1.165) is 36.9 Å². The van der Waals surface area contributed by atoms with E-state index in [0.29, 0.717) is 30.7 Å². The van der Waals surface area contributed by atoms with Crippen LogP contribution < -0.4 is 20.3 Å². The predicted molar refractivity (Wildman–Crippen MR) is 115 cm³/mol. The van der Waals surface area contributed by atoms with Crippen molar-refractivity contribution in [3.05, 3.63) is 47.2 Å². The van der Waals surface area contributed by atoms with E-state index in [1.165, 1.54) is 0 Å². The summed E-state index contributed by atoms with van der Waals surface area (Å²) in [6.45, 7) is 3.24. The van der Waals surface area contributed by atoms with Gasteiger partial charge >= 0.3 is 0 Å². The van der Waals surface area contributed by atoms with E-state index in [-0.39, 0.29) is 6.04 Å². The Hall–Kier alpha value is -2.58. The van der Waals surface area contributed by atoms with E-state index < -0.39 is 0 Å². The van der Waals surface area contributed by atoms with Crippen molar-refractivity contribution in [1.82, 2.24) is 20.6 Å². The van der Waals surface area contributed by atoms with Crippen LogP contribution in [0.5, 0.6) is 5.88 Å². The standard InChI is InChI=1S/C20H27ClN6O2/c1-22-20(25-13-15-5-3-9-24-19(15)29-12-11-28-2)26-16-7-10-27(14-16)18-17(21)6-4-8-23-18/h3-6,8-9,16H,7,10-14H2,1-2H3,(H2,22,25,26). The summed E-state index contributed by atoms with van der Waals surface area (Å²) in [5.41, 5.74) is 0.958. The SMILES string of the molecule is CN=C(NCc1cccnc1OCCOC)NC1CCN(c2ncccc2Cl)C1. The minimum absolute atomic E-state index is 0.255. The summed E-state index contributed by atoms with van der Waals surface area (Å²) in [6.07, 6.45) is 4.46. The lowest BCUT2D eigenvalue weighted by molar-refractivity contribution is 0.143. The van der Waals surface area contributed by atoms with Crippen LogP contribution in [0.15, 0.2) is 41.7 Å². The maximum atomic E-state index is 6.28. The predicted octanol–water partition coefficient (Wildman–Crippen LogP) is 2.10. The maximum absolute atomic E-state index is 6.28. The molecular weight excluding hydrogens is 392 g/mol. The molecule has 1 aliphatic heterocycles. The molecule has 1 fully saturated rings. The van der Waals surface area contributed by atoms with E-state index in [2.05, 4.69) is 30.5 Å². The number of nitrogens with zero attached hydrogens (tertiary/aromatic N) is 4. The molecule has 2 aromatic heterocycles. The van der Waals surface area contributed by atoms with Crippen molar-refractivity contribution < 1.29 is 9.47 Å². The Bertz CT molecular complexity index is 819. The molecular formula is C20H27ClN6O2. The minimum atomic E-state index is 0.255. The van der Waals surface area contributed by atoms with Gasteiger partial charge in [-0.1, -0.05) is 17.7 Å². The number of hydrogen-bond donors (Lipinski definition) is 2. The lowest BCUT2D eigenvalue weighted by Gasteiger charge is -2.20. The van der Waals surface area contributed by atoms with Crippen molar-refractivity contribution in [2.75, 3.05) is 45.4 Å². The number of rotatable bonds is 8. The number of methoxy groups -OCH3 is 1. The molecule has 29 heavy (non-hydrogen) atoms. The Morgan fingerprint density at radius 3 is 2.90 bits per heavy atom. The number of anilines is 1. The first-order valence-corrected chi connectivity index (χ1v) is 9.97. The zero-order valence-electron chi connectivity index (χ0n) is 16.8. The second kappa shape index (κ2) is 10.8. The summed E-state index contributed by atoms with van der Waals surface area (Å²) in [7, 11) is 3.41. The molecule has 0 radical (unpaired) electrons. The normalized spacial score (nSPS) is 16.7. The smallest absolute Gasteiger partial charge is 0.218 e. The van der Waals surface area contributed by atoms with E-state index in [1.54, 1.807) is 26.6 Å². The minimum Gasteiger partial charge on any atom is -0.475 e. The van der Waals surface area contributed by atoms with Crippen LogP contribution in [0.25, 0.3) is 0 Å². The van der Waals surface area contributed by atoms with Crippen LogP contribution in [0, 0.1) is 0 Å². The largest absolute Gasteiger partial charge is 0.475 e. The maximum Gasteiger partial charge on any atom is 0.218 e. The average Bonchev–Trinajstić information content (AvgIpc) is 3.20. The molecule has 8 nitrogen and oxygen atoms in total. The average molecular weight is 419 g/mol. The Kier molecular flexibility index (Phi) is 7.89. The Balaban J connectivity index is 1.52. The van der Waals surface area contributed by atoms with Gasteiger partial charge < -0.3 is 25.0 Å². The summed E-state index contributed by atoms with van der Waals surface area (Å²) in [4.78, 5) is 15.2. The van der Waals surface area contributed by atoms with E-state index in [1.807, 2.05) is 24.3 Å². The van der Waals surface area contributed by atoms with Crippen molar-refractivity contribution in [1.29, 1.82) is 0 Å². The monoisotopic (exact) mass is 418 g/mol. The van der Waals surface area contributed by atoms with Crippen LogP contribution in [0.2, 0.25) is 5.02 Å². The molecule has 0 aromatic carbocycles. The molecule has 9 heteroatoms. The molecule has 0 saturated carbocycles. The first-order chi connectivity index (χ1) is 14.2. The molecule has 0 spiro atoms. The van der Waals surface area contributed by atoms with Crippen molar-refractivity contribution >= 4 is 23.4 Å². The summed E-state index contributed by atoms with van der Waals surface area (Å²) in [5.74, 6) is 2.16. The number of ether oxygens (including phenoxy) is 2. The second-order valence-corrected chi connectivity index (χ2v) is 7.03. The van der Waals surface area contributed by atoms with E-state index in [9.17, 15) is 0 Å². The fraction of sp³-hybridized carbons (Fsp3) is 0.450. The van der Waals surface area contributed by atoms with Crippen molar-refractivity contribution in [2.24, 2.45) is 4.99 Å². The van der Waals surface area contributed by atoms with Gasteiger partial charge in [0.25, 0.3) is 0 Å². The van der Waals surface area contributed by atoms with Gasteiger partial charge in [0.15, 0.2) is 5.96 Å². The molecule has 2 N–H and O–H groups in total. The molecule has 1 aliphatic rings. The van der Waals surface area contributed by atoms with Gasteiger partial charge in [0.1, 0.15) is 12.4 Å². The number of halogens is 1. The van der Waals surface area contributed by atoms with Gasteiger partial charge in [-0.2, -0.15) is 0 Å². The molecule has 3 heterocycles. The zero-order valence-corrected chi connectivity index (χ0v) is 17.5. The van der Waals surface area contributed by atoms with Crippen LogP contribution in [0.4, 0.5) is 5.82 Å². The van der Waals surface area contributed by atoms with Gasteiger partial charge in [0, 0.05) is 57.8 Å². The highest BCUT2D eigenvalue weighted by Gasteiger charge is 2.25. The van der Waals surface area contributed by atoms with Crippen LogP contribution >= 0.6 is 11.6 Å². The highest BCUT2D eigenvalue weighted by molar-refractivity contribution is 6.32. The first-order valence-electron chi connectivity index (χ1n) is 9.59. The van der Waals surface area contributed by atoms with Crippen LogP contribution in [0.3, 0.4) is 0 Å². The number of guanidine groups is 1. The van der Waals surface area contributed by atoms with Crippen LogP contribution in [-0.4, -0.2) is 62.4 Å². The summed E-state index contributed by atoms with van der Waals surface area (Å²) >= 11 is 6.28. The number of pyridine rings is 2. The van der Waals surface area contributed by atoms with Gasteiger partial charge in [-0.15, -0.1) is 0 Å². The fourth-order valence-corrected chi connectivity index (χ4v) is 3.40. The van der Waals surface area contributed by atoms with Gasteiger partial charge in [0.05, 0.1) is 11.6 Å². The molecule has 0 bridgehead atoms. The van der Waals surface area contributed by atoms with Gasteiger partial charge in [-0.3, -0.25) is 4.99 Å². The van der Waals surface area contributed by atoms with Crippen LogP contribution in [0.1, 0.15) is 12.0 Å². The molecule has 3 rings (SSSR count). The number of aliphatic imine (C=N–C) groups is 1.